The molecule has 0 aromatic heterocycles. The number of hydrogen-bond donors (Lipinski definition) is 0. The Morgan fingerprint density at radius 1 is 0.220 bits per heavy atom. The zero-order valence-electron chi connectivity index (χ0n) is 82.0. The monoisotopic (exact) mass is 1840 g/mol. The maximum Gasteiger partial charge on any atom is 0.656 e. The lowest BCUT2D eigenvalue weighted by atomic mass is 9.82. The molecular formula is C111H144N9O8Si4+3. The van der Waals surface area contributed by atoms with Gasteiger partial charge in [0.1, 0.15) is 0 Å². The smallest absolute Gasteiger partial charge is 0.378 e. The normalized spacial score (nSPS) is 17.0. The van der Waals surface area contributed by atoms with E-state index in [1.807, 2.05) is 0 Å². The first kappa shape index (κ1) is 97.8. The molecule has 2 aliphatic rings. The highest BCUT2D eigenvalue weighted by Crippen LogP contribution is 2.49. The SMILES string of the molecule is CCN(CC)c1ccc([C+](c2ccc(N(CC)CC)cc2)c2ccc(N(CC)CCC[Si]3(OC)O[Si]4(CCCN(CC)c5ccc([C+](c6ccc(N(CC)CC)cc6)c6ccc(N(CC)CC)cc6)c6ccccc56)O[Si](CCCN(CC)c5ccc([C+](c6ccc(N(CC)CC)cc6)c6ccc(N(CC)CC)cc6)c6ccccc56)(OC)O[Si](OC)(O3)O4)c3ccccc23)cc1. The van der Waals surface area contributed by atoms with Crippen molar-refractivity contribution in [1.82, 2.24) is 0 Å². The fourth-order valence-corrected chi connectivity index (χ4v) is 40.3. The molecule has 2 unspecified atom stereocenters. The van der Waals surface area contributed by atoms with E-state index in [2.05, 4.69) is 403 Å². The van der Waals surface area contributed by atoms with Crippen LogP contribution in [-0.4, -0.2) is 175 Å². The number of nitrogens with zero attached hydrogens (tertiary/aromatic N) is 9. The second-order valence-corrected chi connectivity index (χ2v) is 46.1. The van der Waals surface area contributed by atoms with Crippen molar-refractivity contribution in [3.63, 3.8) is 0 Å². The molecule has 0 aliphatic carbocycles. The Balaban J connectivity index is 0.782. The topological polar surface area (TPSA) is 103 Å². The minimum atomic E-state index is -4.22. The van der Waals surface area contributed by atoms with Crippen LogP contribution in [0.15, 0.2) is 255 Å². The molecule has 0 spiro atoms. The van der Waals surface area contributed by atoms with Crippen molar-refractivity contribution >= 4 is 119 Å². The maximum atomic E-state index is 7.80. The molecule has 0 radical (unpaired) electrons. The fourth-order valence-electron chi connectivity index (χ4n) is 20.2. The summed E-state index contributed by atoms with van der Waals surface area (Å²) in [6.07, 6.45) is 1.97. The molecule has 0 amide bonds. The number of rotatable bonds is 48. The molecule has 2 bridgehead atoms. The van der Waals surface area contributed by atoms with Gasteiger partial charge in [0.25, 0.3) is 0 Å². The number of benzene rings is 12. The molecule has 2 saturated heterocycles. The average molecular weight is 1840 g/mol. The van der Waals surface area contributed by atoms with Crippen molar-refractivity contribution in [2.75, 3.05) is 183 Å². The van der Waals surface area contributed by atoms with E-state index in [9.17, 15) is 0 Å². The third-order valence-electron chi connectivity index (χ3n) is 27.5. The summed E-state index contributed by atoms with van der Waals surface area (Å²) in [5, 5.41) is 7.09. The van der Waals surface area contributed by atoms with Gasteiger partial charge in [-0.1, -0.05) is 36.4 Å². The maximum absolute atomic E-state index is 7.80. The van der Waals surface area contributed by atoms with Crippen LogP contribution >= 0.6 is 0 Å². The number of anilines is 9. The van der Waals surface area contributed by atoms with E-state index >= 15 is 0 Å². The van der Waals surface area contributed by atoms with E-state index in [-0.39, 0.29) is 0 Å². The molecular weight excluding hydrogens is 1700 g/mol. The lowest BCUT2D eigenvalue weighted by molar-refractivity contribution is -0.0446. The Kier molecular flexibility index (Phi) is 33.5. The van der Waals surface area contributed by atoms with Gasteiger partial charge in [-0.05, 0) is 342 Å². The summed E-state index contributed by atoms with van der Waals surface area (Å²) in [7, 11) is -10.8. The standard InChI is InChI=1S/C111H144N9O8Si4/c1-19-112(20-2)91-61-49-85(50-62-91)109(86-51-63-92(64-52-86)113(21-3)22-4)103-73-76-106(100-46-37-34-43-97(100)103)118(31-13)79-40-82-129(121-16)124-131(84-42-81-120(33-15)108-78-75-105(99-45-36-39-48-102(99)108)111(89-57-69-95(70-58-89)116(27-9)28-10)90-59-71-96(72-60-90)117(29-11)30-12)125-130(122-17,127-132(123-18,126-129)128-131)83-41-80-119(32-14)107-77-74-104(98-44-35-38-47-101(98)107)110(87-53-65-93(66-54-87)114(23-5)24-6)88-55-67-94(68-56-88)115(25-7)26-8/h34-39,43-78H,19-33,40-42,79-84H2,1-18H3/q+3. The highest BCUT2D eigenvalue weighted by molar-refractivity contribution is 6.95. The van der Waals surface area contributed by atoms with Crippen molar-refractivity contribution in [3.05, 3.63) is 323 Å². The number of fused-ring (bicyclic) bond motifs is 5. The summed E-state index contributed by atoms with van der Waals surface area (Å²) >= 11 is 0. The van der Waals surface area contributed by atoms with Crippen LogP contribution in [0.5, 0.6) is 0 Å². The lowest BCUT2D eigenvalue weighted by Crippen LogP contribution is -2.82. The third kappa shape index (κ3) is 21.0. The van der Waals surface area contributed by atoms with Crippen LogP contribution in [0.4, 0.5) is 51.2 Å². The molecule has 132 heavy (non-hydrogen) atoms. The quantitative estimate of drug-likeness (QED) is 0.0205. The van der Waals surface area contributed by atoms with Gasteiger partial charge in [0.15, 0.2) is 0 Å². The molecule has 2 atom stereocenters. The average Bonchev–Trinajstić information content (AvgIpc) is 0.708. The first-order chi connectivity index (χ1) is 64.4. The van der Waals surface area contributed by atoms with Crippen molar-refractivity contribution in [1.29, 1.82) is 0 Å². The second-order valence-electron chi connectivity index (χ2n) is 34.2. The van der Waals surface area contributed by atoms with Gasteiger partial charge in [0.2, 0.25) is 0 Å². The largest absolute Gasteiger partial charge is 0.656 e. The summed E-state index contributed by atoms with van der Waals surface area (Å²) in [5.74, 6) is 3.59. The minimum absolute atomic E-state index is 0.433. The Bertz CT molecular complexity index is 5250. The molecule has 12 aromatic rings. The second kappa shape index (κ2) is 45.2. The molecule has 2 heterocycles. The van der Waals surface area contributed by atoms with Crippen LogP contribution in [0.25, 0.3) is 32.3 Å². The zero-order valence-corrected chi connectivity index (χ0v) is 86.0. The Morgan fingerprint density at radius 2 is 0.432 bits per heavy atom. The van der Waals surface area contributed by atoms with Crippen molar-refractivity contribution < 1.29 is 33.9 Å². The molecule has 17 nitrogen and oxygen atoms in total. The molecule has 0 N–H and O–H groups in total. The Morgan fingerprint density at radius 3 is 0.636 bits per heavy atom. The van der Waals surface area contributed by atoms with Gasteiger partial charge >= 0.3 is 35.5 Å². The zero-order chi connectivity index (χ0) is 93.1. The van der Waals surface area contributed by atoms with Gasteiger partial charge in [-0.3, -0.25) is 0 Å². The summed E-state index contributed by atoms with van der Waals surface area (Å²) in [6, 6.07) is 97.3. The van der Waals surface area contributed by atoms with Gasteiger partial charge < -0.3 is 78.0 Å². The van der Waals surface area contributed by atoms with Crippen molar-refractivity contribution in [2.24, 2.45) is 0 Å². The van der Waals surface area contributed by atoms with Crippen LogP contribution in [0.2, 0.25) is 18.1 Å². The van der Waals surface area contributed by atoms with Crippen LogP contribution < -0.4 is 44.1 Å². The molecule has 694 valence electrons. The minimum Gasteiger partial charge on any atom is -0.378 e. The van der Waals surface area contributed by atoms with Crippen LogP contribution in [-0.2, 0) is 33.9 Å². The highest BCUT2D eigenvalue weighted by atomic mass is 28.6. The lowest BCUT2D eigenvalue weighted by Gasteiger charge is -2.55. The van der Waals surface area contributed by atoms with E-state index in [0.29, 0.717) is 57.0 Å². The van der Waals surface area contributed by atoms with Crippen molar-refractivity contribution in [3.8, 4) is 0 Å². The van der Waals surface area contributed by atoms with Gasteiger partial charge in [-0.15, -0.1) is 0 Å². The summed E-state index contributed by atoms with van der Waals surface area (Å²) in [5.41, 5.74) is 21.4. The Labute approximate surface area is 794 Å². The predicted octanol–water partition coefficient (Wildman–Crippen LogP) is 24.6. The molecule has 14 rings (SSSR count). The third-order valence-corrected chi connectivity index (χ3v) is 43.8. The van der Waals surface area contributed by atoms with Crippen LogP contribution in [0, 0.1) is 17.8 Å². The van der Waals surface area contributed by atoms with Gasteiger partial charge in [0.05, 0.1) is 84.9 Å². The van der Waals surface area contributed by atoms with Crippen LogP contribution in [0.1, 0.15) is 173 Å². The van der Waals surface area contributed by atoms with E-state index in [0.717, 1.165) is 115 Å². The van der Waals surface area contributed by atoms with Gasteiger partial charge in [0, 0.05) is 224 Å². The predicted molar refractivity (Wildman–Crippen MR) is 565 cm³/mol. The highest BCUT2D eigenvalue weighted by Gasteiger charge is 2.77. The molecule has 2 aliphatic heterocycles. The van der Waals surface area contributed by atoms with Gasteiger partial charge in [-0.2, -0.15) is 0 Å². The van der Waals surface area contributed by atoms with E-state index < -0.39 is 35.5 Å². The van der Waals surface area contributed by atoms with E-state index in [4.69, 9.17) is 33.9 Å². The summed E-state index contributed by atoms with van der Waals surface area (Å²) < 4.78 is 58.3. The van der Waals surface area contributed by atoms with E-state index in [1.165, 1.54) is 134 Å². The first-order valence-corrected chi connectivity index (χ1v) is 56.6. The number of hydrogen-bond acceptors (Lipinski definition) is 17. The van der Waals surface area contributed by atoms with Crippen LogP contribution in [0.3, 0.4) is 0 Å². The van der Waals surface area contributed by atoms with Crippen molar-refractivity contribution in [2.45, 2.75) is 141 Å². The molecule has 12 aromatic carbocycles. The summed E-state index contributed by atoms with van der Waals surface area (Å²) in [4.78, 5) is 21.9. The fraction of sp³-hybridized carbons (Fsp3) is 0.378. The van der Waals surface area contributed by atoms with Gasteiger partial charge in [-0.25, -0.2) is 0 Å². The molecule has 21 heteroatoms. The molecule has 0 saturated carbocycles. The Hall–Kier alpha value is -10.2. The molecule has 2 fully saturated rings. The van der Waals surface area contributed by atoms with E-state index in [1.54, 1.807) is 21.3 Å². The first-order valence-electron chi connectivity index (χ1n) is 49.1. The summed E-state index contributed by atoms with van der Waals surface area (Å²) in [6.45, 7) is 49.0.